The Morgan fingerprint density at radius 1 is 1.37 bits per heavy atom. The van der Waals surface area contributed by atoms with Crippen molar-refractivity contribution in [2.24, 2.45) is 5.92 Å². The first-order chi connectivity index (χ1) is 13.0. The molecule has 142 valence electrons. The van der Waals surface area contributed by atoms with Gasteiger partial charge in [-0.25, -0.2) is 0 Å². The Hall–Kier alpha value is -3.15. The highest BCUT2D eigenvalue weighted by Gasteiger charge is 2.40. The summed E-state index contributed by atoms with van der Waals surface area (Å²) in [6.07, 6.45) is 0.624. The number of aromatic amines is 1. The first-order valence-electron chi connectivity index (χ1n) is 8.44. The van der Waals surface area contributed by atoms with Crippen LogP contribution in [0.1, 0.15) is 36.6 Å². The first-order valence-corrected chi connectivity index (χ1v) is 8.44. The minimum absolute atomic E-state index is 0.0885. The summed E-state index contributed by atoms with van der Waals surface area (Å²) in [5.74, 6) is -1.33. The van der Waals surface area contributed by atoms with Crippen molar-refractivity contribution in [2.75, 3.05) is 6.61 Å². The van der Waals surface area contributed by atoms with Gasteiger partial charge >= 0.3 is 6.61 Å². The fourth-order valence-corrected chi connectivity index (χ4v) is 3.19. The topological polar surface area (TPSA) is 104 Å². The summed E-state index contributed by atoms with van der Waals surface area (Å²) in [6.45, 7) is 0.929. The van der Waals surface area contributed by atoms with Crippen molar-refractivity contribution in [3.8, 4) is 23.4 Å². The van der Waals surface area contributed by atoms with Gasteiger partial charge < -0.3 is 14.2 Å². The molecule has 0 saturated heterocycles. The lowest BCUT2D eigenvalue weighted by molar-refractivity contribution is -0.0514. The van der Waals surface area contributed by atoms with Crippen LogP contribution in [0.2, 0.25) is 0 Å². The van der Waals surface area contributed by atoms with E-state index in [1.807, 2.05) is 6.92 Å². The van der Waals surface area contributed by atoms with Gasteiger partial charge in [0, 0.05) is 17.2 Å². The van der Waals surface area contributed by atoms with Gasteiger partial charge in [-0.15, -0.1) is 5.10 Å². The molecule has 0 radical (unpaired) electrons. The maximum absolute atomic E-state index is 12.6. The standard InChI is InChI=1S/C18H18F2N4O3/c1-3-11-15-14(10(8-21)16(22)27-17(15)24-23-11)9-5-6-12(26-18(19)20)13(7-9)25-4-2/h5-7,10,14,18,22H,3-4H2,1-2H3,(H,23,24). The average molecular weight is 376 g/mol. The number of nitrogens with zero attached hydrogens (tertiary/aromatic N) is 2. The van der Waals surface area contributed by atoms with Gasteiger partial charge in [-0.3, -0.25) is 10.5 Å². The summed E-state index contributed by atoms with van der Waals surface area (Å²) in [5.41, 5.74) is 2.09. The van der Waals surface area contributed by atoms with E-state index in [9.17, 15) is 14.0 Å². The molecule has 2 aromatic rings. The van der Waals surface area contributed by atoms with E-state index in [1.54, 1.807) is 19.1 Å². The van der Waals surface area contributed by atoms with E-state index in [2.05, 4.69) is 21.0 Å². The molecular formula is C18H18F2N4O3. The van der Waals surface area contributed by atoms with Crippen molar-refractivity contribution >= 4 is 5.90 Å². The SMILES string of the molecule is CCOc1cc(C2c3c(n[nH]c3CC)OC(=N)C2C#N)ccc1OC(F)F. The summed E-state index contributed by atoms with van der Waals surface area (Å²) in [7, 11) is 0. The van der Waals surface area contributed by atoms with Crippen LogP contribution in [0.3, 0.4) is 0 Å². The number of fused-ring (bicyclic) bond motifs is 1. The smallest absolute Gasteiger partial charge is 0.387 e. The van der Waals surface area contributed by atoms with Crippen LogP contribution < -0.4 is 14.2 Å². The highest BCUT2D eigenvalue weighted by atomic mass is 19.3. The van der Waals surface area contributed by atoms with E-state index >= 15 is 0 Å². The number of aromatic nitrogens is 2. The summed E-state index contributed by atoms with van der Waals surface area (Å²) >= 11 is 0. The predicted octanol–water partition coefficient (Wildman–Crippen LogP) is 3.61. The van der Waals surface area contributed by atoms with Crippen molar-refractivity contribution in [3.05, 3.63) is 35.0 Å². The Kier molecular flexibility index (Phi) is 5.26. The number of rotatable bonds is 6. The molecule has 1 aliphatic heterocycles. The van der Waals surface area contributed by atoms with Gasteiger partial charge in [0.1, 0.15) is 5.92 Å². The van der Waals surface area contributed by atoms with Crippen LogP contribution in [-0.2, 0) is 6.42 Å². The van der Waals surface area contributed by atoms with Crippen LogP contribution in [0.4, 0.5) is 8.78 Å². The second-order valence-electron chi connectivity index (χ2n) is 5.84. The van der Waals surface area contributed by atoms with Crippen molar-refractivity contribution in [1.82, 2.24) is 10.2 Å². The largest absolute Gasteiger partial charge is 0.490 e. The number of nitrogens with one attached hydrogen (secondary N) is 2. The maximum Gasteiger partial charge on any atom is 0.387 e. The van der Waals surface area contributed by atoms with Crippen LogP contribution in [0.5, 0.6) is 17.4 Å². The zero-order valence-corrected chi connectivity index (χ0v) is 14.8. The normalized spacial score (nSPS) is 18.6. The molecule has 2 unspecified atom stereocenters. The lowest BCUT2D eigenvalue weighted by Gasteiger charge is -2.28. The fraction of sp³-hybridized carbons (Fsp3) is 0.389. The molecule has 1 aliphatic rings. The third-order valence-electron chi connectivity index (χ3n) is 4.32. The van der Waals surface area contributed by atoms with E-state index in [0.29, 0.717) is 17.5 Å². The second kappa shape index (κ2) is 7.61. The molecule has 0 amide bonds. The number of H-pyrrole nitrogens is 1. The Bertz CT molecular complexity index is 891. The summed E-state index contributed by atoms with van der Waals surface area (Å²) in [5, 5.41) is 24.6. The van der Waals surface area contributed by atoms with Crippen LogP contribution >= 0.6 is 0 Å². The second-order valence-corrected chi connectivity index (χ2v) is 5.84. The number of nitriles is 1. The van der Waals surface area contributed by atoms with Crippen LogP contribution in [0.15, 0.2) is 18.2 Å². The van der Waals surface area contributed by atoms with Gasteiger partial charge in [-0.1, -0.05) is 13.0 Å². The first kappa shape index (κ1) is 18.6. The molecule has 0 spiro atoms. The van der Waals surface area contributed by atoms with Crippen molar-refractivity contribution < 1.29 is 23.0 Å². The summed E-state index contributed by atoms with van der Waals surface area (Å²) in [4.78, 5) is 0. The van der Waals surface area contributed by atoms with Gasteiger partial charge in [-0.05, 0) is 31.0 Å². The van der Waals surface area contributed by atoms with Crippen LogP contribution in [0, 0.1) is 22.7 Å². The molecule has 27 heavy (non-hydrogen) atoms. The Morgan fingerprint density at radius 3 is 2.78 bits per heavy atom. The number of hydrogen-bond donors (Lipinski definition) is 2. The van der Waals surface area contributed by atoms with E-state index in [4.69, 9.17) is 14.9 Å². The van der Waals surface area contributed by atoms with Crippen molar-refractivity contribution in [3.63, 3.8) is 0 Å². The molecule has 0 fully saturated rings. The zero-order chi connectivity index (χ0) is 19.6. The van der Waals surface area contributed by atoms with Gasteiger partial charge in [0.15, 0.2) is 11.5 Å². The zero-order valence-electron chi connectivity index (χ0n) is 14.8. The molecule has 0 bridgehead atoms. The minimum Gasteiger partial charge on any atom is -0.490 e. The third-order valence-corrected chi connectivity index (χ3v) is 4.32. The molecule has 2 N–H and O–H groups in total. The summed E-state index contributed by atoms with van der Waals surface area (Å²) in [6, 6.07) is 6.63. The Balaban J connectivity index is 2.13. The monoisotopic (exact) mass is 376 g/mol. The van der Waals surface area contributed by atoms with E-state index in [0.717, 1.165) is 5.69 Å². The van der Waals surface area contributed by atoms with E-state index in [-0.39, 0.29) is 29.9 Å². The molecule has 2 atom stereocenters. The van der Waals surface area contributed by atoms with Crippen LogP contribution in [-0.4, -0.2) is 29.3 Å². The number of aryl methyl sites for hydroxylation is 1. The number of halogens is 2. The molecule has 9 heteroatoms. The molecule has 0 saturated carbocycles. The molecule has 3 rings (SSSR count). The highest BCUT2D eigenvalue weighted by molar-refractivity contribution is 5.84. The average Bonchev–Trinajstić information content (AvgIpc) is 3.04. The Morgan fingerprint density at radius 2 is 2.15 bits per heavy atom. The number of benzene rings is 1. The van der Waals surface area contributed by atoms with Gasteiger partial charge in [0.05, 0.1) is 12.7 Å². The number of hydrogen-bond acceptors (Lipinski definition) is 6. The van der Waals surface area contributed by atoms with Crippen LogP contribution in [0.25, 0.3) is 0 Å². The van der Waals surface area contributed by atoms with Gasteiger partial charge in [-0.2, -0.15) is 14.0 Å². The lowest BCUT2D eigenvalue weighted by Crippen LogP contribution is -2.31. The minimum atomic E-state index is -2.98. The van der Waals surface area contributed by atoms with Crippen molar-refractivity contribution in [2.45, 2.75) is 32.8 Å². The fourth-order valence-electron chi connectivity index (χ4n) is 3.19. The molecule has 0 aliphatic carbocycles. The molecule has 7 nitrogen and oxygen atoms in total. The van der Waals surface area contributed by atoms with Gasteiger partial charge in [0.2, 0.25) is 11.8 Å². The highest BCUT2D eigenvalue weighted by Crippen LogP contribution is 2.45. The van der Waals surface area contributed by atoms with Gasteiger partial charge in [0.25, 0.3) is 0 Å². The lowest BCUT2D eigenvalue weighted by atomic mass is 9.79. The van der Waals surface area contributed by atoms with E-state index < -0.39 is 18.4 Å². The summed E-state index contributed by atoms with van der Waals surface area (Å²) < 4.78 is 40.6. The predicted molar refractivity (Wildman–Crippen MR) is 91.5 cm³/mol. The quantitative estimate of drug-likeness (QED) is 0.801. The third kappa shape index (κ3) is 3.43. The number of alkyl halides is 2. The molecule has 1 aromatic carbocycles. The van der Waals surface area contributed by atoms with Crippen molar-refractivity contribution in [1.29, 1.82) is 10.7 Å². The molecule has 1 aromatic heterocycles. The molecular weight excluding hydrogens is 358 g/mol. The maximum atomic E-state index is 12.6. The van der Waals surface area contributed by atoms with E-state index in [1.165, 1.54) is 6.07 Å². The Labute approximate surface area is 154 Å². The number of ether oxygens (including phenoxy) is 3. The molecule has 2 heterocycles.